The number of amides is 1. The van der Waals surface area contributed by atoms with E-state index in [2.05, 4.69) is 6.92 Å². The Kier molecular flexibility index (Phi) is 8.81. The lowest BCUT2D eigenvalue weighted by Crippen LogP contribution is -2.29. The summed E-state index contributed by atoms with van der Waals surface area (Å²) in [5.41, 5.74) is 0.902. The lowest BCUT2D eigenvalue weighted by molar-refractivity contribution is -0.137. The number of benzene rings is 1. The highest BCUT2D eigenvalue weighted by Crippen LogP contribution is 2.33. The molecule has 1 aliphatic heterocycles. The van der Waals surface area contributed by atoms with Crippen LogP contribution in [-0.4, -0.2) is 39.4 Å². The van der Waals surface area contributed by atoms with Crippen LogP contribution in [0, 0.1) is 0 Å². The molecule has 0 saturated carbocycles. The number of carbonyl (C=O) groups excluding carboxylic acids is 1. The molecule has 2 rings (SSSR count). The van der Waals surface area contributed by atoms with E-state index in [0.29, 0.717) is 28.8 Å². The van der Waals surface area contributed by atoms with Gasteiger partial charge in [-0.3, -0.25) is 14.5 Å². The fourth-order valence-electron chi connectivity index (χ4n) is 2.61. The molecule has 1 N–H and O–H groups in total. The largest absolute Gasteiger partial charge is 0.494 e. The second kappa shape index (κ2) is 11.1. The van der Waals surface area contributed by atoms with E-state index in [-0.39, 0.29) is 12.3 Å². The summed E-state index contributed by atoms with van der Waals surface area (Å²) in [7, 11) is 0. The van der Waals surface area contributed by atoms with Gasteiger partial charge in [0, 0.05) is 13.0 Å². The zero-order valence-corrected chi connectivity index (χ0v) is 17.1. The van der Waals surface area contributed by atoms with Gasteiger partial charge < -0.3 is 9.84 Å². The van der Waals surface area contributed by atoms with Gasteiger partial charge >= 0.3 is 5.97 Å². The lowest BCUT2D eigenvalue weighted by atomic mass is 10.2. The maximum atomic E-state index is 12.5. The van der Waals surface area contributed by atoms with Crippen molar-refractivity contribution in [1.82, 2.24) is 4.90 Å². The summed E-state index contributed by atoms with van der Waals surface area (Å²) in [4.78, 5) is 25.1. The monoisotopic (exact) mass is 407 g/mol. The lowest BCUT2D eigenvalue weighted by Gasteiger charge is -2.13. The fraction of sp³-hybridized carbons (Fsp3) is 0.450. The number of nitrogens with zero attached hydrogens (tertiary/aromatic N) is 1. The normalized spacial score (nSPS) is 15.6. The van der Waals surface area contributed by atoms with E-state index in [1.165, 1.54) is 35.9 Å². The van der Waals surface area contributed by atoms with Crippen LogP contribution in [0.1, 0.15) is 51.0 Å². The third-order valence-corrected chi connectivity index (χ3v) is 5.47. The van der Waals surface area contributed by atoms with Gasteiger partial charge in [0.25, 0.3) is 5.91 Å². The summed E-state index contributed by atoms with van der Waals surface area (Å²) in [5.74, 6) is -0.208. The van der Waals surface area contributed by atoms with Gasteiger partial charge in [0.05, 0.1) is 11.5 Å². The van der Waals surface area contributed by atoms with E-state index in [0.717, 1.165) is 17.7 Å². The second-order valence-electron chi connectivity index (χ2n) is 6.31. The average molecular weight is 408 g/mol. The van der Waals surface area contributed by atoms with E-state index in [1.807, 2.05) is 30.3 Å². The maximum Gasteiger partial charge on any atom is 0.303 e. The van der Waals surface area contributed by atoms with Crippen molar-refractivity contribution in [2.75, 3.05) is 13.2 Å². The number of aliphatic carboxylic acids is 1. The van der Waals surface area contributed by atoms with E-state index in [1.54, 1.807) is 0 Å². The quantitative estimate of drug-likeness (QED) is 0.325. The van der Waals surface area contributed by atoms with Gasteiger partial charge in [0.15, 0.2) is 0 Å². The molecule has 7 heteroatoms. The highest BCUT2D eigenvalue weighted by molar-refractivity contribution is 8.26. The molecular weight excluding hydrogens is 382 g/mol. The molecule has 146 valence electrons. The molecule has 0 bridgehead atoms. The zero-order chi connectivity index (χ0) is 19.6. The smallest absolute Gasteiger partial charge is 0.303 e. The van der Waals surface area contributed by atoms with Crippen LogP contribution in [0.2, 0.25) is 0 Å². The number of carboxylic acids is 1. The highest BCUT2D eigenvalue weighted by atomic mass is 32.2. The second-order valence-corrected chi connectivity index (χ2v) is 7.98. The minimum Gasteiger partial charge on any atom is -0.494 e. The topological polar surface area (TPSA) is 66.8 Å². The van der Waals surface area contributed by atoms with Crippen molar-refractivity contribution in [3.8, 4) is 5.75 Å². The van der Waals surface area contributed by atoms with Gasteiger partial charge in [-0.15, -0.1) is 0 Å². The van der Waals surface area contributed by atoms with Crippen molar-refractivity contribution in [1.29, 1.82) is 0 Å². The number of carbonyl (C=O) groups is 2. The van der Waals surface area contributed by atoms with E-state index in [9.17, 15) is 9.59 Å². The Hall–Kier alpha value is -1.86. The molecule has 1 aromatic rings. The molecule has 1 aliphatic rings. The third-order valence-electron chi connectivity index (χ3n) is 4.09. The molecule has 1 heterocycles. The van der Waals surface area contributed by atoms with Crippen LogP contribution < -0.4 is 4.74 Å². The van der Waals surface area contributed by atoms with Crippen LogP contribution in [0.4, 0.5) is 0 Å². The minimum atomic E-state index is -0.872. The number of thioether (sulfide) groups is 1. The van der Waals surface area contributed by atoms with E-state index in [4.69, 9.17) is 22.1 Å². The molecule has 0 aliphatic carbocycles. The predicted molar refractivity (Wildman–Crippen MR) is 113 cm³/mol. The Balaban J connectivity index is 1.89. The van der Waals surface area contributed by atoms with Gasteiger partial charge in [0.2, 0.25) is 0 Å². The molecule has 5 nitrogen and oxygen atoms in total. The first kappa shape index (κ1) is 21.4. The predicted octanol–water partition coefficient (Wildman–Crippen LogP) is 4.71. The Morgan fingerprint density at radius 1 is 1.22 bits per heavy atom. The summed E-state index contributed by atoms with van der Waals surface area (Å²) in [6.07, 6.45) is 6.90. The zero-order valence-electron chi connectivity index (χ0n) is 15.5. The first-order valence-electron chi connectivity index (χ1n) is 9.21. The van der Waals surface area contributed by atoms with E-state index < -0.39 is 5.97 Å². The number of carboxylic acid groups (broad SMARTS) is 1. The van der Waals surface area contributed by atoms with Crippen LogP contribution in [0.25, 0.3) is 6.08 Å². The highest BCUT2D eigenvalue weighted by Gasteiger charge is 2.31. The first-order chi connectivity index (χ1) is 13.0. The number of rotatable bonds is 11. The first-order valence-corrected chi connectivity index (χ1v) is 10.4. The van der Waals surface area contributed by atoms with Crippen LogP contribution in [0.15, 0.2) is 29.2 Å². The van der Waals surface area contributed by atoms with Crippen LogP contribution in [0.5, 0.6) is 5.75 Å². The number of ether oxygens (including phenoxy) is 1. The van der Waals surface area contributed by atoms with Crippen molar-refractivity contribution in [2.24, 2.45) is 0 Å². The van der Waals surface area contributed by atoms with Crippen molar-refractivity contribution in [2.45, 2.75) is 45.4 Å². The molecule has 1 amide bonds. The van der Waals surface area contributed by atoms with Crippen LogP contribution >= 0.6 is 24.0 Å². The van der Waals surface area contributed by atoms with Gasteiger partial charge in [-0.2, -0.15) is 0 Å². The SMILES string of the molecule is CCCCCCOc1ccc(/C=C2/SC(=S)N(CCCC(=O)O)C2=O)cc1. The number of hydrogen-bond donors (Lipinski definition) is 1. The van der Waals surface area contributed by atoms with E-state index >= 15 is 0 Å². The summed E-state index contributed by atoms with van der Waals surface area (Å²) < 4.78 is 6.20. The Morgan fingerprint density at radius 2 is 1.96 bits per heavy atom. The molecule has 0 aromatic heterocycles. The molecule has 1 aromatic carbocycles. The number of thiocarbonyl (C=S) groups is 1. The van der Waals surface area contributed by atoms with Crippen LogP contribution in [0.3, 0.4) is 0 Å². The summed E-state index contributed by atoms with van der Waals surface area (Å²) in [5, 5.41) is 8.72. The Labute approximate surface area is 169 Å². The average Bonchev–Trinajstić information content (AvgIpc) is 2.90. The Bertz CT molecular complexity index is 700. The molecule has 1 fully saturated rings. The summed E-state index contributed by atoms with van der Waals surface area (Å²) in [6.45, 7) is 3.23. The van der Waals surface area contributed by atoms with Gasteiger partial charge in [-0.1, -0.05) is 62.3 Å². The van der Waals surface area contributed by atoms with Gasteiger partial charge in [-0.25, -0.2) is 0 Å². The van der Waals surface area contributed by atoms with Crippen molar-refractivity contribution in [3.05, 3.63) is 34.7 Å². The van der Waals surface area contributed by atoms with Crippen molar-refractivity contribution < 1.29 is 19.4 Å². The summed E-state index contributed by atoms with van der Waals surface area (Å²) >= 11 is 6.50. The third kappa shape index (κ3) is 6.99. The van der Waals surface area contributed by atoms with Gasteiger partial charge in [-0.05, 0) is 36.6 Å². The molecule has 0 unspecified atom stereocenters. The fourth-order valence-corrected chi connectivity index (χ4v) is 3.92. The minimum absolute atomic E-state index is 0.0238. The molecule has 0 atom stereocenters. The van der Waals surface area contributed by atoms with Crippen molar-refractivity contribution >= 4 is 46.3 Å². The molecule has 1 saturated heterocycles. The molecular formula is C20H25NO4S2. The molecule has 27 heavy (non-hydrogen) atoms. The number of hydrogen-bond acceptors (Lipinski definition) is 5. The van der Waals surface area contributed by atoms with Gasteiger partial charge in [0.1, 0.15) is 10.1 Å². The molecule has 0 radical (unpaired) electrons. The number of unbranched alkanes of at least 4 members (excludes halogenated alkanes) is 3. The molecule has 0 spiro atoms. The van der Waals surface area contributed by atoms with Crippen LogP contribution in [-0.2, 0) is 9.59 Å². The summed E-state index contributed by atoms with van der Waals surface area (Å²) in [6, 6.07) is 7.63. The standard InChI is InChI=1S/C20H25NO4S2/c1-2-3-4-5-13-25-16-10-8-15(9-11-16)14-17-19(24)21(20(26)27-17)12-6-7-18(22)23/h8-11,14H,2-7,12-13H2,1H3,(H,22,23)/b17-14+. The maximum absolute atomic E-state index is 12.5. The Morgan fingerprint density at radius 3 is 2.63 bits per heavy atom. The van der Waals surface area contributed by atoms with Crippen molar-refractivity contribution in [3.63, 3.8) is 0 Å².